The summed E-state index contributed by atoms with van der Waals surface area (Å²) >= 11 is 5.31. The van der Waals surface area contributed by atoms with Crippen LogP contribution < -0.4 is 0 Å². The van der Waals surface area contributed by atoms with Gasteiger partial charge in [-0.15, -0.1) is 12.6 Å². The lowest BCUT2D eigenvalue weighted by atomic mass is 9.89. The Balaban J connectivity index is 1.36. The zero-order chi connectivity index (χ0) is 31.4. The molecule has 1 aliphatic rings. The molecule has 0 radical (unpaired) electrons. The van der Waals surface area contributed by atoms with Gasteiger partial charge in [0.05, 0.1) is 33.0 Å². The second kappa shape index (κ2) is 16.2. The molecule has 0 amide bonds. The van der Waals surface area contributed by atoms with Gasteiger partial charge in [-0.25, -0.2) is 0 Å². The van der Waals surface area contributed by atoms with E-state index in [4.69, 9.17) is 36.3 Å². The van der Waals surface area contributed by atoms with E-state index in [0.717, 1.165) is 27.8 Å². The van der Waals surface area contributed by atoms with Gasteiger partial charge in [0, 0.05) is 0 Å². The van der Waals surface area contributed by atoms with E-state index in [-0.39, 0.29) is 6.61 Å². The Labute approximate surface area is 277 Å². The van der Waals surface area contributed by atoms with Crippen LogP contribution in [0.25, 0.3) is 0 Å². The molecular formula is C40H40O5S. The van der Waals surface area contributed by atoms with Crippen molar-refractivity contribution in [3.8, 4) is 0 Å². The normalized spacial score (nSPS) is 22.8. The Bertz CT molecular complexity index is 1570. The summed E-state index contributed by atoms with van der Waals surface area (Å²) in [5.41, 5.74) is 5.11. The predicted octanol–water partition coefficient (Wildman–Crippen LogP) is 8.14. The summed E-state index contributed by atoms with van der Waals surface area (Å²) in [6.07, 6.45) is -2.22. The van der Waals surface area contributed by atoms with E-state index >= 15 is 0 Å². The van der Waals surface area contributed by atoms with Gasteiger partial charge in [-0.2, -0.15) is 0 Å². The van der Waals surface area contributed by atoms with Crippen molar-refractivity contribution in [1.29, 1.82) is 0 Å². The lowest BCUT2D eigenvalue weighted by Gasteiger charge is -2.51. The molecule has 0 N–H and O–H groups in total. The van der Waals surface area contributed by atoms with E-state index in [0.29, 0.717) is 26.4 Å². The highest BCUT2D eigenvalue weighted by molar-refractivity contribution is 7.81. The molecule has 6 rings (SSSR count). The summed E-state index contributed by atoms with van der Waals surface area (Å²) in [5, 5.41) is 0. The maximum atomic E-state index is 6.99. The molecule has 0 unspecified atom stereocenters. The lowest BCUT2D eigenvalue weighted by Crippen LogP contribution is -2.63. The third kappa shape index (κ3) is 8.34. The van der Waals surface area contributed by atoms with Crippen LogP contribution in [0.15, 0.2) is 152 Å². The van der Waals surface area contributed by atoms with Gasteiger partial charge in [-0.05, 0) is 27.8 Å². The first-order chi connectivity index (χ1) is 22.7. The molecule has 1 aliphatic heterocycles. The van der Waals surface area contributed by atoms with Crippen molar-refractivity contribution in [2.24, 2.45) is 0 Å². The van der Waals surface area contributed by atoms with Crippen molar-refractivity contribution < 1.29 is 23.7 Å². The largest absolute Gasteiger partial charge is 0.374 e. The summed E-state index contributed by atoms with van der Waals surface area (Å²) in [6.45, 7) is 1.83. The molecule has 1 heterocycles. The fraction of sp³-hybridized carbons (Fsp3) is 0.250. The van der Waals surface area contributed by atoms with Crippen molar-refractivity contribution >= 4 is 12.6 Å². The zero-order valence-electron chi connectivity index (χ0n) is 25.8. The lowest BCUT2D eigenvalue weighted by molar-refractivity contribution is -0.286. The highest BCUT2D eigenvalue weighted by atomic mass is 32.1. The molecule has 0 saturated carbocycles. The van der Waals surface area contributed by atoms with Crippen molar-refractivity contribution in [3.05, 3.63) is 179 Å². The molecule has 5 aromatic rings. The highest BCUT2D eigenvalue weighted by Gasteiger charge is 2.56. The van der Waals surface area contributed by atoms with E-state index in [1.165, 1.54) is 0 Å². The fourth-order valence-electron chi connectivity index (χ4n) is 5.76. The fourth-order valence-corrected chi connectivity index (χ4v) is 6.27. The molecule has 6 heteroatoms. The molecule has 0 aromatic heterocycles. The maximum Gasteiger partial charge on any atom is 0.165 e. The first-order valence-electron chi connectivity index (χ1n) is 15.7. The summed E-state index contributed by atoms with van der Waals surface area (Å²) < 4.78 is 33.7. The number of benzene rings is 5. The minimum atomic E-state index is -1.16. The summed E-state index contributed by atoms with van der Waals surface area (Å²) in [7, 11) is 0. The molecule has 236 valence electrons. The van der Waals surface area contributed by atoms with Gasteiger partial charge in [-0.3, -0.25) is 0 Å². The van der Waals surface area contributed by atoms with Crippen LogP contribution in [0.2, 0.25) is 0 Å². The van der Waals surface area contributed by atoms with Gasteiger partial charge in [0.2, 0.25) is 0 Å². The smallest absolute Gasteiger partial charge is 0.165 e. The van der Waals surface area contributed by atoms with Gasteiger partial charge in [0.25, 0.3) is 0 Å². The Hall–Kier alpha value is -3.75. The van der Waals surface area contributed by atoms with Gasteiger partial charge in [-0.1, -0.05) is 152 Å². The summed E-state index contributed by atoms with van der Waals surface area (Å²) in [6, 6.07) is 50.6. The van der Waals surface area contributed by atoms with Gasteiger partial charge in [0.1, 0.15) is 24.4 Å². The van der Waals surface area contributed by atoms with Crippen LogP contribution in [0.5, 0.6) is 0 Å². The number of hydrogen-bond donors (Lipinski definition) is 1. The van der Waals surface area contributed by atoms with Crippen molar-refractivity contribution in [3.63, 3.8) is 0 Å². The monoisotopic (exact) mass is 632 g/mol. The first kappa shape index (κ1) is 32.2. The van der Waals surface area contributed by atoms with Crippen molar-refractivity contribution in [2.75, 3.05) is 6.61 Å². The average Bonchev–Trinajstić information content (AvgIpc) is 3.12. The van der Waals surface area contributed by atoms with Crippen molar-refractivity contribution in [1.82, 2.24) is 0 Å². The average molecular weight is 633 g/mol. The molecule has 1 fully saturated rings. The van der Waals surface area contributed by atoms with E-state index in [9.17, 15) is 0 Å². The number of hydrogen-bond acceptors (Lipinski definition) is 6. The van der Waals surface area contributed by atoms with Gasteiger partial charge < -0.3 is 23.7 Å². The Kier molecular flexibility index (Phi) is 11.3. The molecule has 0 spiro atoms. The minimum absolute atomic E-state index is 0.278. The van der Waals surface area contributed by atoms with Crippen molar-refractivity contribution in [2.45, 2.75) is 55.8 Å². The Morgan fingerprint density at radius 3 is 1.35 bits per heavy atom. The van der Waals surface area contributed by atoms with E-state index in [2.05, 4.69) is 48.5 Å². The van der Waals surface area contributed by atoms with Crippen LogP contribution in [-0.4, -0.2) is 31.0 Å². The van der Waals surface area contributed by atoms with Crippen LogP contribution in [0, 0.1) is 0 Å². The van der Waals surface area contributed by atoms with Gasteiger partial charge in [0.15, 0.2) is 4.93 Å². The SMILES string of the molecule is S[C@]1(c2ccccc2)O[C@H](COCc2ccccc2)[C@H](OCc2ccccc2)[C@H](OCc2ccccc2)[C@H]1OCc1ccccc1. The van der Waals surface area contributed by atoms with Gasteiger partial charge >= 0.3 is 0 Å². The van der Waals surface area contributed by atoms with Crippen LogP contribution in [-0.2, 0) is 55.0 Å². The van der Waals surface area contributed by atoms with E-state index < -0.39 is 29.3 Å². The van der Waals surface area contributed by atoms with Crippen LogP contribution in [0.4, 0.5) is 0 Å². The molecule has 5 nitrogen and oxygen atoms in total. The molecule has 46 heavy (non-hydrogen) atoms. The molecule has 0 aliphatic carbocycles. The standard InChI is InChI=1S/C40H40O5S/c46-40(35-24-14-5-15-25-35)39(44-29-34-22-12-4-13-23-34)38(43-28-33-20-10-3-11-21-33)37(42-27-32-18-8-2-9-19-32)36(45-40)30-41-26-31-16-6-1-7-17-31/h1-25,36-39,46H,26-30H2/t36-,37+,38+,39-,40+/m1/s1. The first-order valence-corrected chi connectivity index (χ1v) is 16.2. The van der Waals surface area contributed by atoms with E-state index in [1.807, 2.05) is 103 Å². The Morgan fingerprint density at radius 1 is 0.478 bits per heavy atom. The molecule has 5 aromatic carbocycles. The maximum absolute atomic E-state index is 6.99. The molecular weight excluding hydrogens is 593 g/mol. The molecule has 5 atom stereocenters. The van der Waals surface area contributed by atoms with E-state index in [1.54, 1.807) is 0 Å². The number of ether oxygens (including phenoxy) is 5. The number of rotatable bonds is 14. The second-order valence-corrected chi connectivity index (χ2v) is 12.1. The Morgan fingerprint density at radius 2 is 0.870 bits per heavy atom. The highest BCUT2D eigenvalue weighted by Crippen LogP contribution is 2.45. The summed E-state index contributed by atoms with van der Waals surface area (Å²) in [4.78, 5) is -1.16. The zero-order valence-corrected chi connectivity index (χ0v) is 26.7. The third-order valence-corrected chi connectivity index (χ3v) is 8.75. The topological polar surface area (TPSA) is 46.2 Å². The second-order valence-electron chi connectivity index (χ2n) is 11.5. The predicted molar refractivity (Wildman–Crippen MR) is 183 cm³/mol. The van der Waals surface area contributed by atoms with Crippen LogP contribution >= 0.6 is 12.6 Å². The number of thiol groups is 1. The summed E-state index contributed by atoms with van der Waals surface area (Å²) in [5.74, 6) is 0. The molecule has 0 bridgehead atoms. The minimum Gasteiger partial charge on any atom is -0.374 e. The third-order valence-electron chi connectivity index (χ3n) is 8.13. The van der Waals surface area contributed by atoms with Crippen LogP contribution in [0.3, 0.4) is 0 Å². The molecule has 1 saturated heterocycles. The quantitative estimate of drug-likeness (QED) is 0.125. The van der Waals surface area contributed by atoms with Crippen LogP contribution in [0.1, 0.15) is 27.8 Å².